The molecule has 1 aliphatic carbocycles. The molecule has 0 spiro atoms. The quantitative estimate of drug-likeness (QED) is 0.908. The molecule has 2 fully saturated rings. The lowest BCUT2D eigenvalue weighted by molar-refractivity contribution is 0.180. The van der Waals surface area contributed by atoms with E-state index in [1.807, 2.05) is 4.90 Å². The molecule has 0 aromatic heterocycles. The Morgan fingerprint density at radius 1 is 1.08 bits per heavy atom. The zero-order valence-corrected chi connectivity index (χ0v) is 14.0. The number of likely N-dealkylation sites (tertiary alicyclic amines) is 1. The van der Waals surface area contributed by atoms with E-state index in [-0.39, 0.29) is 6.03 Å². The normalized spacial score (nSPS) is 22.6. The van der Waals surface area contributed by atoms with Crippen LogP contribution in [-0.2, 0) is 12.8 Å². The van der Waals surface area contributed by atoms with Gasteiger partial charge in [0.2, 0.25) is 0 Å². The maximum atomic E-state index is 12.2. The van der Waals surface area contributed by atoms with Crippen molar-refractivity contribution in [2.24, 2.45) is 0 Å². The molecule has 24 heavy (non-hydrogen) atoms. The van der Waals surface area contributed by atoms with E-state index < -0.39 is 0 Å². The highest BCUT2D eigenvalue weighted by atomic mass is 16.5. The van der Waals surface area contributed by atoms with E-state index in [0.29, 0.717) is 12.0 Å². The standard InChI is InChI=1S/C19H24N2O3/c22-19(20-14-1-2-14)21-7-3-12(4-8-21)17-15-6-10-23-16(15)11-13-5-9-24-18(13)17/h11-12,14H,1-10H2,(H,20,22). The first kappa shape index (κ1) is 14.4. The summed E-state index contributed by atoms with van der Waals surface area (Å²) in [6.45, 7) is 3.24. The van der Waals surface area contributed by atoms with Gasteiger partial charge in [0.25, 0.3) is 0 Å². The molecule has 1 aromatic rings. The molecule has 0 radical (unpaired) electrons. The molecule has 128 valence electrons. The molecule has 0 unspecified atom stereocenters. The molecule has 2 amide bonds. The van der Waals surface area contributed by atoms with Crippen molar-refractivity contribution in [2.75, 3.05) is 26.3 Å². The van der Waals surface area contributed by atoms with Crippen LogP contribution < -0.4 is 14.8 Å². The molecule has 0 atom stereocenters. The van der Waals surface area contributed by atoms with Gasteiger partial charge in [-0.15, -0.1) is 0 Å². The molecule has 5 nitrogen and oxygen atoms in total. The lowest BCUT2D eigenvalue weighted by Crippen LogP contribution is -2.44. The Hall–Kier alpha value is -1.91. The third-order valence-corrected chi connectivity index (χ3v) is 5.79. The predicted molar refractivity (Wildman–Crippen MR) is 89.9 cm³/mol. The third kappa shape index (κ3) is 2.41. The Morgan fingerprint density at radius 3 is 2.67 bits per heavy atom. The second kappa shape index (κ2) is 5.57. The Balaban J connectivity index is 1.36. The van der Waals surface area contributed by atoms with Crippen LogP contribution in [0.1, 0.15) is 48.3 Å². The smallest absolute Gasteiger partial charge is 0.317 e. The number of carbonyl (C=O) groups excluding carboxylic acids is 1. The fourth-order valence-electron chi connectivity index (χ4n) is 4.32. The second-order valence-electron chi connectivity index (χ2n) is 7.44. The van der Waals surface area contributed by atoms with E-state index in [1.54, 1.807) is 0 Å². The minimum absolute atomic E-state index is 0.124. The van der Waals surface area contributed by atoms with Gasteiger partial charge in [-0.2, -0.15) is 0 Å². The monoisotopic (exact) mass is 328 g/mol. The number of carbonyl (C=O) groups is 1. The van der Waals surface area contributed by atoms with Gasteiger partial charge >= 0.3 is 6.03 Å². The fourth-order valence-corrected chi connectivity index (χ4v) is 4.32. The Labute approximate surface area is 142 Å². The summed E-state index contributed by atoms with van der Waals surface area (Å²) in [7, 11) is 0. The number of urea groups is 1. The lowest BCUT2D eigenvalue weighted by Gasteiger charge is -2.33. The van der Waals surface area contributed by atoms with Crippen LogP contribution in [0.2, 0.25) is 0 Å². The Morgan fingerprint density at radius 2 is 1.88 bits per heavy atom. The maximum Gasteiger partial charge on any atom is 0.317 e. The van der Waals surface area contributed by atoms with Crippen LogP contribution >= 0.6 is 0 Å². The topological polar surface area (TPSA) is 50.8 Å². The second-order valence-corrected chi connectivity index (χ2v) is 7.44. The van der Waals surface area contributed by atoms with Gasteiger partial charge in [-0.3, -0.25) is 0 Å². The van der Waals surface area contributed by atoms with E-state index in [9.17, 15) is 4.79 Å². The van der Waals surface area contributed by atoms with Crippen molar-refractivity contribution in [3.05, 3.63) is 22.8 Å². The van der Waals surface area contributed by atoms with Crippen LogP contribution in [0.15, 0.2) is 6.07 Å². The molecule has 4 aliphatic rings. The first-order valence-corrected chi connectivity index (χ1v) is 9.29. The fraction of sp³-hybridized carbons (Fsp3) is 0.632. The molecule has 5 rings (SSSR count). The molecule has 1 aromatic carbocycles. The number of nitrogens with zero attached hydrogens (tertiary/aromatic N) is 1. The van der Waals surface area contributed by atoms with Gasteiger partial charge in [0.15, 0.2) is 0 Å². The molecule has 3 heterocycles. The van der Waals surface area contributed by atoms with Gasteiger partial charge < -0.3 is 19.7 Å². The molecule has 5 heteroatoms. The summed E-state index contributed by atoms with van der Waals surface area (Å²) in [6.07, 6.45) is 6.30. The number of piperidine rings is 1. The van der Waals surface area contributed by atoms with Crippen molar-refractivity contribution in [3.63, 3.8) is 0 Å². The minimum Gasteiger partial charge on any atom is -0.493 e. The van der Waals surface area contributed by atoms with Gasteiger partial charge in [-0.25, -0.2) is 4.79 Å². The van der Waals surface area contributed by atoms with Crippen molar-refractivity contribution in [1.29, 1.82) is 0 Å². The number of rotatable bonds is 2. The van der Waals surface area contributed by atoms with Crippen LogP contribution in [-0.4, -0.2) is 43.3 Å². The van der Waals surface area contributed by atoms with E-state index in [4.69, 9.17) is 9.47 Å². The predicted octanol–water partition coefficient (Wildman–Crippen LogP) is 2.61. The van der Waals surface area contributed by atoms with E-state index >= 15 is 0 Å². The van der Waals surface area contributed by atoms with Crippen LogP contribution in [0.5, 0.6) is 11.5 Å². The number of nitrogens with one attached hydrogen (secondary N) is 1. The first-order chi connectivity index (χ1) is 11.8. The summed E-state index contributed by atoms with van der Waals surface area (Å²) in [5.74, 6) is 2.68. The molecule has 1 N–H and O–H groups in total. The largest absolute Gasteiger partial charge is 0.493 e. The van der Waals surface area contributed by atoms with Crippen molar-refractivity contribution < 1.29 is 14.3 Å². The van der Waals surface area contributed by atoms with Crippen LogP contribution in [0.3, 0.4) is 0 Å². The number of hydrogen-bond donors (Lipinski definition) is 1. The van der Waals surface area contributed by atoms with Crippen LogP contribution in [0.4, 0.5) is 4.79 Å². The summed E-state index contributed by atoms with van der Waals surface area (Å²) in [5.41, 5.74) is 4.05. The number of fused-ring (bicyclic) bond motifs is 2. The Bertz CT molecular complexity index is 643. The van der Waals surface area contributed by atoms with E-state index in [2.05, 4.69) is 11.4 Å². The van der Waals surface area contributed by atoms with Crippen molar-refractivity contribution in [2.45, 2.75) is 50.5 Å². The zero-order chi connectivity index (χ0) is 16.1. The van der Waals surface area contributed by atoms with E-state index in [1.165, 1.54) is 16.7 Å². The zero-order valence-electron chi connectivity index (χ0n) is 14.0. The number of ether oxygens (including phenoxy) is 2. The highest BCUT2D eigenvalue weighted by molar-refractivity contribution is 5.75. The van der Waals surface area contributed by atoms with Gasteiger partial charge in [-0.05, 0) is 37.7 Å². The van der Waals surface area contributed by atoms with Gasteiger partial charge in [-0.1, -0.05) is 0 Å². The summed E-state index contributed by atoms with van der Waals surface area (Å²) < 4.78 is 11.8. The average Bonchev–Trinajstić information content (AvgIpc) is 3.09. The molecular formula is C19H24N2O3. The maximum absolute atomic E-state index is 12.2. The summed E-state index contributed by atoms with van der Waals surface area (Å²) >= 11 is 0. The third-order valence-electron chi connectivity index (χ3n) is 5.79. The number of hydrogen-bond acceptors (Lipinski definition) is 3. The number of amides is 2. The van der Waals surface area contributed by atoms with Crippen molar-refractivity contribution in [1.82, 2.24) is 10.2 Å². The summed E-state index contributed by atoms with van der Waals surface area (Å²) in [5, 5.41) is 3.10. The van der Waals surface area contributed by atoms with E-state index in [0.717, 1.165) is 76.3 Å². The van der Waals surface area contributed by atoms with Gasteiger partial charge in [0.1, 0.15) is 11.5 Å². The Kier molecular flexibility index (Phi) is 3.35. The molecule has 0 bridgehead atoms. The van der Waals surface area contributed by atoms with Crippen molar-refractivity contribution >= 4 is 6.03 Å². The molecule has 1 saturated carbocycles. The number of benzene rings is 1. The summed E-state index contributed by atoms with van der Waals surface area (Å²) in [6, 6.07) is 2.74. The van der Waals surface area contributed by atoms with Gasteiger partial charge in [0.05, 0.1) is 13.2 Å². The van der Waals surface area contributed by atoms with Crippen LogP contribution in [0.25, 0.3) is 0 Å². The lowest BCUT2D eigenvalue weighted by atomic mass is 9.84. The molecular weight excluding hydrogens is 304 g/mol. The molecule has 3 aliphatic heterocycles. The highest BCUT2D eigenvalue weighted by Crippen LogP contribution is 2.46. The first-order valence-electron chi connectivity index (χ1n) is 9.29. The molecule has 1 saturated heterocycles. The minimum atomic E-state index is 0.124. The summed E-state index contributed by atoms with van der Waals surface area (Å²) in [4.78, 5) is 14.2. The van der Waals surface area contributed by atoms with Crippen LogP contribution in [0, 0.1) is 0 Å². The van der Waals surface area contributed by atoms with Crippen molar-refractivity contribution in [3.8, 4) is 11.5 Å². The SMILES string of the molecule is O=C(NC1CC1)N1CCC(c2c3c(cc4c2OCC4)OCC3)CC1. The highest BCUT2D eigenvalue weighted by Gasteiger charge is 2.34. The van der Waals surface area contributed by atoms with Gasteiger partial charge in [0, 0.05) is 48.7 Å². The average molecular weight is 328 g/mol.